The summed E-state index contributed by atoms with van der Waals surface area (Å²) in [4.78, 5) is 9.97. The summed E-state index contributed by atoms with van der Waals surface area (Å²) in [5.41, 5.74) is 0. The van der Waals surface area contributed by atoms with Crippen molar-refractivity contribution in [1.82, 2.24) is 5.32 Å². The first kappa shape index (κ1) is 10.8. The molecule has 0 aromatic rings. The normalized spacial score (nSPS) is 8.92. The monoisotopic (exact) mass is 171 g/mol. The molecule has 12 heavy (non-hydrogen) atoms. The van der Waals surface area contributed by atoms with Crippen LogP contribution in [0.25, 0.3) is 0 Å². The molecule has 2 N–H and O–H groups in total. The molecular weight excluding hydrogens is 158 g/mol. The number of amides is 1. The van der Waals surface area contributed by atoms with Gasteiger partial charge in [-0.25, -0.2) is 4.79 Å². The highest BCUT2D eigenvalue weighted by atomic mass is 16.5. The maximum absolute atomic E-state index is 9.97. The molecule has 0 aliphatic heterocycles. The van der Waals surface area contributed by atoms with Gasteiger partial charge < -0.3 is 15.2 Å². The minimum absolute atomic E-state index is 0.326. The molecule has 0 radical (unpaired) electrons. The summed E-state index contributed by atoms with van der Waals surface area (Å²) in [6.45, 7) is 1.38. The Kier molecular flexibility index (Phi) is 7.10. The van der Waals surface area contributed by atoms with Gasteiger partial charge in [0.05, 0.1) is 0 Å². The van der Waals surface area contributed by atoms with Gasteiger partial charge in [0.1, 0.15) is 6.61 Å². The van der Waals surface area contributed by atoms with Crippen LogP contribution in [0.4, 0.5) is 4.79 Å². The lowest BCUT2D eigenvalue weighted by molar-refractivity contribution is 0.161. The summed E-state index contributed by atoms with van der Waals surface area (Å²) in [5.74, 6) is 2.34. The van der Waals surface area contributed by atoms with E-state index in [1.165, 1.54) is 0 Å². The molecule has 0 spiro atoms. The largest absolute Gasteiger partial charge is 0.465 e. The van der Waals surface area contributed by atoms with Crippen LogP contribution >= 0.6 is 0 Å². The van der Waals surface area contributed by atoms with Crippen LogP contribution in [0.15, 0.2) is 0 Å². The van der Waals surface area contributed by atoms with Crippen molar-refractivity contribution in [3.63, 3.8) is 0 Å². The van der Waals surface area contributed by atoms with Crippen LogP contribution < -0.4 is 5.32 Å². The van der Waals surface area contributed by atoms with E-state index >= 15 is 0 Å². The zero-order chi connectivity index (χ0) is 9.23. The summed E-state index contributed by atoms with van der Waals surface area (Å²) >= 11 is 0. The van der Waals surface area contributed by atoms with Gasteiger partial charge in [0.15, 0.2) is 0 Å². The van der Waals surface area contributed by atoms with E-state index < -0.39 is 6.09 Å². The summed E-state index contributed by atoms with van der Waals surface area (Å²) in [6, 6.07) is 0. The molecule has 1 amide bonds. The fourth-order valence-corrected chi connectivity index (χ4v) is 0.656. The van der Waals surface area contributed by atoms with Crippen LogP contribution in [0.5, 0.6) is 0 Å². The Morgan fingerprint density at radius 3 is 2.92 bits per heavy atom. The number of terminal acetylenes is 1. The van der Waals surface area contributed by atoms with E-state index in [9.17, 15) is 4.79 Å². The third kappa shape index (κ3) is 8.79. The second kappa shape index (κ2) is 7.89. The van der Waals surface area contributed by atoms with Crippen LogP contribution in [-0.4, -0.2) is 31.0 Å². The zero-order valence-corrected chi connectivity index (χ0v) is 6.88. The molecule has 0 aromatic carbocycles. The summed E-state index contributed by atoms with van der Waals surface area (Å²) in [7, 11) is 0. The molecule has 0 heterocycles. The van der Waals surface area contributed by atoms with Gasteiger partial charge in [0.2, 0.25) is 0 Å². The van der Waals surface area contributed by atoms with Crippen molar-refractivity contribution < 1.29 is 14.6 Å². The number of unbranched alkanes of at least 4 members (excludes halogenated alkanes) is 1. The van der Waals surface area contributed by atoms with E-state index in [1.54, 1.807) is 0 Å². The number of hydrogen-bond acceptors (Lipinski definition) is 2. The van der Waals surface area contributed by atoms with Gasteiger partial charge in [0, 0.05) is 13.2 Å². The number of ether oxygens (including phenoxy) is 1. The predicted octanol–water partition coefficient (Wildman–Crippen LogP) is 0.684. The Labute approximate surface area is 71.9 Å². The Hall–Kier alpha value is -1.21. The van der Waals surface area contributed by atoms with Gasteiger partial charge >= 0.3 is 6.09 Å². The molecule has 0 aliphatic carbocycles. The van der Waals surface area contributed by atoms with Gasteiger partial charge in [-0.05, 0) is 12.8 Å². The van der Waals surface area contributed by atoms with Crippen molar-refractivity contribution in [2.24, 2.45) is 0 Å². The molecule has 68 valence electrons. The lowest BCUT2D eigenvalue weighted by Gasteiger charge is -2.00. The van der Waals surface area contributed by atoms with E-state index in [0.29, 0.717) is 19.8 Å². The van der Waals surface area contributed by atoms with Crippen LogP contribution in [0.2, 0.25) is 0 Å². The highest BCUT2D eigenvalue weighted by Crippen LogP contribution is 1.87. The molecule has 0 saturated carbocycles. The standard InChI is InChI=1S/C8H13NO3/c1-2-6-12-7-4-3-5-9-8(10)11/h1,9H,3-7H2,(H,10,11). The maximum Gasteiger partial charge on any atom is 0.404 e. The molecule has 0 atom stereocenters. The van der Waals surface area contributed by atoms with Crippen LogP contribution in [0.3, 0.4) is 0 Å². The highest BCUT2D eigenvalue weighted by Gasteiger charge is 1.92. The van der Waals surface area contributed by atoms with Crippen LogP contribution in [0.1, 0.15) is 12.8 Å². The molecule has 0 aromatic heterocycles. The third-order valence-corrected chi connectivity index (χ3v) is 1.18. The van der Waals surface area contributed by atoms with Crippen molar-refractivity contribution in [1.29, 1.82) is 0 Å². The van der Waals surface area contributed by atoms with Crippen LogP contribution in [-0.2, 0) is 4.74 Å². The minimum atomic E-state index is -0.987. The molecule has 4 nitrogen and oxygen atoms in total. The Morgan fingerprint density at radius 1 is 1.58 bits per heavy atom. The molecule has 0 unspecified atom stereocenters. The van der Waals surface area contributed by atoms with Gasteiger partial charge in [0.25, 0.3) is 0 Å². The highest BCUT2D eigenvalue weighted by molar-refractivity contribution is 5.64. The van der Waals surface area contributed by atoms with Crippen molar-refractivity contribution in [3.05, 3.63) is 0 Å². The molecule has 0 rings (SSSR count). The summed E-state index contributed by atoms with van der Waals surface area (Å²) in [5, 5.41) is 10.4. The number of carboxylic acid groups (broad SMARTS) is 1. The van der Waals surface area contributed by atoms with E-state index in [1.807, 2.05) is 0 Å². The number of rotatable bonds is 6. The first-order valence-electron chi connectivity index (χ1n) is 3.75. The van der Waals surface area contributed by atoms with Gasteiger partial charge in [-0.2, -0.15) is 0 Å². The second-order valence-electron chi connectivity index (χ2n) is 2.20. The van der Waals surface area contributed by atoms with Crippen molar-refractivity contribution in [2.45, 2.75) is 12.8 Å². The maximum atomic E-state index is 9.97. The van der Waals surface area contributed by atoms with E-state index in [-0.39, 0.29) is 0 Å². The quantitative estimate of drug-likeness (QED) is 0.456. The lowest BCUT2D eigenvalue weighted by atomic mass is 10.3. The topological polar surface area (TPSA) is 58.6 Å². The summed E-state index contributed by atoms with van der Waals surface area (Å²) < 4.78 is 4.98. The Morgan fingerprint density at radius 2 is 2.33 bits per heavy atom. The third-order valence-electron chi connectivity index (χ3n) is 1.18. The number of carbonyl (C=O) groups is 1. The molecular formula is C8H13NO3. The van der Waals surface area contributed by atoms with Gasteiger partial charge in [-0.15, -0.1) is 6.42 Å². The van der Waals surface area contributed by atoms with Gasteiger partial charge in [-0.1, -0.05) is 5.92 Å². The van der Waals surface area contributed by atoms with Crippen molar-refractivity contribution in [2.75, 3.05) is 19.8 Å². The smallest absolute Gasteiger partial charge is 0.404 e. The summed E-state index contributed by atoms with van der Waals surface area (Å²) in [6.07, 6.45) is 5.55. The molecule has 4 heteroatoms. The number of nitrogens with one attached hydrogen (secondary N) is 1. The van der Waals surface area contributed by atoms with E-state index in [2.05, 4.69) is 11.2 Å². The molecule has 0 fully saturated rings. The Balaban J connectivity index is 2.92. The molecule has 0 saturated heterocycles. The lowest BCUT2D eigenvalue weighted by Crippen LogP contribution is -2.21. The molecule has 0 bridgehead atoms. The van der Waals surface area contributed by atoms with E-state index in [4.69, 9.17) is 16.3 Å². The average molecular weight is 171 g/mol. The predicted molar refractivity (Wildman–Crippen MR) is 44.9 cm³/mol. The van der Waals surface area contributed by atoms with Crippen molar-refractivity contribution >= 4 is 6.09 Å². The van der Waals surface area contributed by atoms with Crippen molar-refractivity contribution in [3.8, 4) is 12.3 Å². The fraction of sp³-hybridized carbons (Fsp3) is 0.625. The molecule has 0 aliphatic rings. The van der Waals surface area contributed by atoms with Gasteiger partial charge in [-0.3, -0.25) is 0 Å². The first-order valence-corrected chi connectivity index (χ1v) is 3.75. The SMILES string of the molecule is C#CCOCCCCNC(=O)O. The fourth-order valence-electron chi connectivity index (χ4n) is 0.656. The average Bonchev–Trinajstić information content (AvgIpc) is 2.02. The zero-order valence-electron chi connectivity index (χ0n) is 6.88. The van der Waals surface area contributed by atoms with Crippen LogP contribution in [0, 0.1) is 12.3 Å². The Bertz CT molecular complexity index is 162. The first-order chi connectivity index (χ1) is 5.77. The van der Waals surface area contributed by atoms with E-state index in [0.717, 1.165) is 12.8 Å². The number of hydrogen-bond donors (Lipinski definition) is 2. The second-order valence-corrected chi connectivity index (χ2v) is 2.20. The minimum Gasteiger partial charge on any atom is -0.465 e.